The molecule has 154 valence electrons. The number of nitrogens with zero attached hydrogens (tertiary/aromatic N) is 4. The number of nitrogens with one attached hydrogen (secondary N) is 2. The van der Waals surface area contributed by atoms with Crippen molar-refractivity contribution in [2.75, 3.05) is 7.11 Å². The molecule has 0 spiro atoms. The average Bonchev–Trinajstić information content (AvgIpc) is 3.48. The normalized spacial score (nSPS) is 11.3. The molecule has 0 amide bonds. The molecule has 32 heavy (non-hydrogen) atoms. The van der Waals surface area contributed by atoms with E-state index in [9.17, 15) is 0 Å². The number of pyridine rings is 3. The first-order chi connectivity index (χ1) is 15.8. The summed E-state index contributed by atoms with van der Waals surface area (Å²) in [6, 6.07) is 16.2. The quantitative estimate of drug-likeness (QED) is 0.408. The lowest BCUT2D eigenvalue weighted by atomic mass is 10.0. The van der Waals surface area contributed by atoms with Crippen molar-refractivity contribution in [1.29, 1.82) is 0 Å². The summed E-state index contributed by atoms with van der Waals surface area (Å²) in [4.78, 5) is 16.6. The number of rotatable bonds is 4. The summed E-state index contributed by atoms with van der Waals surface area (Å²) >= 11 is 0. The van der Waals surface area contributed by atoms with Gasteiger partial charge in [-0.25, -0.2) is 0 Å². The van der Waals surface area contributed by atoms with Crippen LogP contribution in [0.2, 0.25) is 0 Å². The third-order valence-electron chi connectivity index (χ3n) is 5.59. The monoisotopic (exact) mass is 418 g/mol. The Morgan fingerprint density at radius 1 is 0.812 bits per heavy atom. The average molecular weight is 418 g/mol. The van der Waals surface area contributed by atoms with Gasteiger partial charge < -0.3 is 9.72 Å². The van der Waals surface area contributed by atoms with E-state index < -0.39 is 0 Å². The first-order valence-corrected chi connectivity index (χ1v) is 10.2. The molecule has 0 unspecified atom stereocenters. The largest absolute Gasteiger partial charge is 0.495 e. The van der Waals surface area contributed by atoms with Gasteiger partial charge in [0.25, 0.3) is 0 Å². The molecule has 6 aromatic rings. The van der Waals surface area contributed by atoms with Gasteiger partial charge in [0.05, 0.1) is 41.9 Å². The van der Waals surface area contributed by atoms with Gasteiger partial charge in [0.1, 0.15) is 11.4 Å². The second-order valence-corrected chi connectivity index (χ2v) is 7.49. The van der Waals surface area contributed by atoms with Crippen LogP contribution in [0.1, 0.15) is 0 Å². The SMILES string of the molecule is COc1cncc(-c2ccc3[nH]nc(-c4cc5c(-c6ccccn6)cncc5[nH]4)c3c2)c1. The van der Waals surface area contributed by atoms with Crippen molar-refractivity contribution < 1.29 is 4.74 Å². The summed E-state index contributed by atoms with van der Waals surface area (Å²) in [6.07, 6.45) is 8.99. The van der Waals surface area contributed by atoms with Crippen LogP contribution in [0.4, 0.5) is 0 Å². The van der Waals surface area contributed by atoms with E-state index >= 15 is 0 Å². The maximum absolute atomic E-state index is 5.33. The van der Waals surface area contributed by atoms with Crippen LogP contribution in [0.5, 0.6) is 5.75 Å². The van der Waals surface area contributed by atoms with Crippen molar-refractivity contribution in [3.05, 3.63) is 79.5 Å². The van der Waals surface area contributed by atoms with Gasteiger partial charge in [0.15, 0.2) is 0 Å². The molecule has 0 saturated heterocycles. The maximum Gasteiger partial charge on any atom is 0.137 e. The number of hydrogen-bond acceptors (Lipinski definition) is 5. The smallest absolute Gasteiger partial charge is 0.137 e. The highest BCUT2D eigenvalue weighted by atomic mass is 16.5. The molecule has 0 aliphatic rings. The van der Waals surface area contributed by atoms with Crippen molar-refractivity contribution in [2.24, 2.45) is 0 Å². The molecule has 6 rings (SSSR count). The van der Waals surface area contributed by atoms with Gasteiger partial charge in [-0.2, -0.15) is 5.10 Å². The molecular weight excluding hydrogens is 400 g/mol. The lowest BCUT2D eigenvalue weighted by Gasteiger charge is -2.04. The third kappa shape index (κ3) is 2.99. The second-order valence-electron chi connectivity index (χ2n) is 7.49. The summed E-state index contributed by atoms with van der Waals surface area (Å²) < 4.78 is 5.33. The summed E-state index contributed by atoms with van der Waals surface area (Å²) in [5.74, 6) is 0.722. The van der Waals surface area contributed by atoms with E-state index in [4.69, 9.17) is 4.74 Å². The van der Waals surface area contributed by atoms with E-state index in [1.807, 2.05) is 48.9 Å². The molecular formula is C25H18N6O. The first kappa shape index (κ1) is 18.3. The molecule has 1 aromatic carbocycles. The zero-order chi connectivity index (χ0) is 21.5. The third-order valence-corrected chi connectivity index (χ3v) is 5.59. The number of aromatic amines is 2. The predicted molar refractivity (Wildman–Crippen MR) is 124 cm³/mol. The first-order valence-electron chi connectivity index (χ1n) is 10.2. The Kier molecular flexibility index (Phi) is 4.18. The van der Waals surface area contributed by atoms with Crippen molar-refractivity contribution in [2.45, 2.75) is 0 Å². The Bertz CT molecular complexity index is 1570. The van der Waals surface area contributed by atoms with Crippen LogP contribution in [0.3, 0.4) is 0 Å². The van der Waals surface area contributed by atoms with Crippen molar-refractivity contribution >= 4 is 21.8 Å². The number of hydrogen-bond donors (Lipinski definition) is 2. The Hall–Kier alpha value is -4.52. The highest BCUT2D eigenvalue weighted by Crippen LogP contribution is 2.34. The minimum Gasteiger partial charge on any atom is -0.495 e. The topological polar surface area (TPSA) is 92.4 Å². The molecule has 0 fully saturated rings. The van der Waals surface area contributed by atoms with Crippen LogP contribution >= 0.6 is 0 Å². The predicted octanol–water partition coefficient (Wildman–Crippen LogP) is 5.24. The molecule has 0 bridgehead atoms. The standard InChI is InChI=1S/C25H18N6O/c1-32-17-8-16(11-26-12-17)15-5-6-22-19(9-15)25(31-30-22)23-10-18-20(13-27-14-24(18)29-23)21-4-2-3-7-28-21/h2-14,29H,1H3,(H,30,31). The molecule has 0 aliphatic heterocycles. The molecule has 0 aliphatic carbocycles. The molecule has 5 heterocycles. The molecule has 7 nitrogen and oxygen atoms in total. The summed E-state index contributed by atoms with van der Waals surface area (Å²) in [6.45, 7) is 0. The molecule has 0 saturated carbocycles. The van der Waals surface area contributed by atoms with Crippen LogP contribution in [-0.4, -0.2) is 37.2 Å². The second kappa shape index (κ2) is 7.31. The number of benzene rings is 1. The fourth-order valence-electron chi connectivity index (χ4n) is 3.99. The molecule has 0 radical (unpaired) electrons. The van der Waals surface area contributed by atoms with Crippen LogP contribution in [0.15, 0.2) is 79.5 Å². The number of fused-ring (bicyclic) bond motifs is 2. The number of methoxy groups -OCH3 is 1. The number of ether oxygens (including phenoxy) is 1. The van der Waals surface area contributed by atoms with Crippen molar-refractivity contribution in [3.63, 3.8) is 0 Å². The Morgan fingerprint density at radius 3 is 2.62 bits per heavy atom. The lowest BCUT2D eigenvalue weighted by Crippen LogP contribution is -1.86. The van der Waals surface area contributed by atoms with Gasteiger partial charge in [-0.3, -0.25) is 20.1 Å². The van der Waals surface area contributed by atoms with Gasteiger partial charge in [0, 0.05) is 40.5 Å². The number of H-pyrrole nitrogens is 2. The van der Waals surface area contributed by atoms with E-state index in [1.54, 1.807) is 19.5 Å². The fourth-order valence-corrected chi connectivity index (χ4v) is 3.99. The van der Waals surface area contributed by atoms with Crippen LogP contribution in [0.25, 0.3) is 55.6 Å². The lowest BCUT2D eigenvalue weighted by molar-refractivity contribution is 0.413. The summed E-state index contributed by atoms with van der Waals surface area (Å²) in [7, 11) is 1.64. The van der Waals surface area contributed by atoms with Gasteiger partial charge in [0.2, 0.25) is 0 Å². The Morgan fingerprint density at radius 2 is 1.75 bits per heavy atom. The zero-order valence-corrected chi connectivity index (χ0v) is 17.2. The Balaban J connectivity index is 1.50. The maximum atomic E-state index is 5.33. The molecule has 0 atom stereocenters. The summed E-state index contributed by atoms with van der Waals surface area (Å²) in [5.41, 5.74) is 7.55. The Labute approximate surface area is 183 Å². The zero-order valence-electron chi connectivity index (χ0n) is 17.2. The van der Waals surface area contributed by atoms with Crippen molar-refractivity contribution in [3.8, 4) is 39.5 Å². The van der Waals surface area contributed by atoms with Crippen LogP contribution in [0, 0.1) is 0 Å². The minimum atomic E-state index is 0.722. The van der Waals surface area contributed by atoms with Gasteiger partial charge in [-0.15, -0.1) is 0 Å². The van der Waals surface area contributed by atoms with Crippen LogP contribution < -0.4 is 4.74 Å². The highest BCUT2D eigenvalue weighted by Gasteiger charge is 2.15. The molecule has 2 N–H and O–H groups in total. The summed E-state index contributed by atoms with van der Waals surface area (Å²) in [5, 5.41) is 9.81. The van der Waals surface area contributed by atoms with E-state index in [1.165, 1.54) is 0 Å². The van der Waals surface area contributed by atoms with Gasteiger partial charge in [-0.1, -0.05) is 12.1 Å². The van der Waals surface area contributed by atoms with Gasteiger partial charge in [-0.05, 0) is 42.0 Å². The minimum absolute atomic E-state index is 0.722. The van der Waals surface area contributed by atoms with E-state index in [0.29, 0.717) is 0 Å². The highest BCUT2D eigenvalue weighted by molar-refractivity contribution is 6.01. The van der Waals surface area contributed by atoms with E-state index in [-0.39, 0.29) is 0 Å². The van der Waals surface area contributed by atoms with E-state index in [0.717, 1.165) is 61.3 Å². The van der Waals surface area contributed by atoms with Gasteiger partial charge >= 0.3 is 0 Å². The van der Waals surface area contributed by atoms with Crippen LogP contribution in [-0.2, 0) is 0 Å². The molecule has 7 heteroatoms. The van der Waals surface area contributed by atoms with E-state index in [2.05, 4.69) is 48.3 Å². The number of aromatic nitrogens is 6. The molecule has 5 aromatic heterocycles. The fraction of sp³-hybridized carbons (Fsp3) is 0.0400. The van der Waals surface area contributed by atoms with Crippen molar-refractivity contribution in [1.82, 2.24) is 30.1 Å².